The van der Waals surface area contributed by atoms with Crippen LogP contribution in [0.3, 0.4) is 0 Å². The van der Waals surface area contributed by atoms with E-state index in [0.29, 0.717) is 23.3 Å². The van der Waals surface area contributed by atoms with Gasteiger partial charge >= 0.3 is 0 Å². The van der Waals surface area contributed by atoms with Gasteiger partial charge < -0.3 is 4.74 Å². The molecule has 37 heavy (non-hydrogen) atoms. The quantitative estimate of drug-likeness (QED) is 0.0552. The molecule has 0 aromatic rings. The highest BCUT2D eigenvalue weighted by Gasteiger charge is 2.48. The zero-order valence-electron chi connectivity index (χ0n) is 26.6. The highest BCUT2D eigenvalue weighted by atomic mass is 16.5. The van der Waals surface area contributed by atoms with Gasteiger partial charge in [0.05, 0.1) is 27.2 Å². The molecule has 222 valence electrons. The van der Waals surface area contributed by atoms with Crippen molar-refractivity contribution in [2.45, 2.75) is 188 Å². The van der Waals surface area contributed by atoms with E-state index < -0.39 is 5.72 Å². The van der Waals surface area contributed by atoms with Gasteiger partial charge in [-0.25, -0.2) is 0 Å². The van der Waals surface area contributed by atoms with E-state index in [9.17, 15) is 4.79 Å². The molecule has 0 saturated heterocycles. The average molecular weight is 525 g/mol. The van der Waals surface area contributed by atoms with Gasteiger partial charge in [0.1, 0.15) is 0 Å². The van der Waals surface area contributed by atoms with Crippen molar-refractivity contribution in [3.05, 3.63) is 0 Å². The number of rotatable bonds is 29. The van der Waals surface area contributed by atoms with Crippen molar-refractivity contribution in [1.82, 2.24) is 0 Å². The molecule has 0 aliphatic heterocycles. The molecule has 3 heteroatoms. The maximum Gasteiger partial charge on any atom is 0.260 e. The predicted molar refractivity (Wildman–Crippen MR) is 164 cm³/mol. The minimum Gasteiger partial charge on any atom is -0.321 e. The molecular formula is C34H70NO2+. The van der Waals surface area contributed by atoms with Crippen LogP contribution in [0.15, 0.2) is 0 Å². The molecule has 1 atom stereocenters. The van der Waals surface area contributed by atoms with Crippen LogP contribution in [0, 0.1) is 0 Å². The highest BCUT2D eigenvalue weighted by molar-refractivity contribution is 5.85. The molecule has 0 amide bonds. The Morgan fingerprint density at radius 2 is 0.892 bits per heavy atom. The lowest BCUT2D eigenvalue weighted by atomic mass is 9.98. The van der Waals surface area contributed by atoms with Crippen LogP contribution in [0.1, 0.15) is 182 Å². The second kappa shape index (κ2) is 24.6. The molecule has 0 aromatic carbocycles. The fraction of sp³-hybridized carbons (Fsp3) is 0.971. The Kier molecular flexibility index (Phi) is 24.3. The second-order valence-electron chi connectivity index (χ2n) is 12.5. The van der Waals surface area contributed by atoms with Crippen LogP contribution in [-0.2, 0) is 9.53 Å². The van der Waals surface area contributed by atoms with Crippen molar-refractivity contribution in [2.24, 2.45) is 0 Å². The van der Waals surface area contributed by atoms with E-state index in [1.165, 1.54) is 122 Å². The van der Waals surface area contributed by atoms with Gasteiger partial charge in [-0.05, 0) is 19.3 Å². The van der Waals surface area contributed by atoms with Gasteiger partial charge in [0.15, 0.2) is 0 Å². The van der Waals surface area contributed by atoms with Crippen LogP contribution in [0.4, 0.5) is 0 Å². The summed E-state index contributed by atoms with van der Waals surface area (Å²) in [6.07, 6.45) is 30.7. The first-order valence-corrected chi connectivity index (χ1v) is 16.9. The summed E-state index contributed by atoms with van der Waals surface area (Å²) >= 11 is 0. The Morgan fingerprint density at radius 3 is 1.30 bits per heavy atom. The number of likely N-dealkylation sites (N-methyl/N-ethyl adjacent to an activating group) is 1. The monoisotopic (exact) mass is 525 g/mol. The summed E-state index contributed by atoms with van der Waals surface area (Å²) in [6, 6.07) is 0. The molecular weight excluding hydrogens is 454 g/mol. The first kappa shape index (κ1) is 36.6. The van der Waals surface area contributed by atoms with Crippen molar-refractivity contribution < 1.29 is 14.0 Å². The summed E-state index contributed by atoms with van der Waals surface area (Å²) in [6.45, 7) is 10.6. The largest absolute Gasteiger partial charge is 0.321 e. The van der Waals surface area contributed by atoms with Crippen LogP contribution in [0.2, 0.25) is 0 Å². The number of unbranched alkanes of at least 4 members (excludes halogenated alkanes) is 20. The summed E-state index contributed by atoms with van der Waals surface area (Å²) in [7, 11) is 4.40. The van der Waals surface area contributed by atoms with E-state index in [1.54, 1.807) is 0 Å². The van der Waals surface area contributed by atoms with Crippen LogP contribution >= 0.6 is 0 Å². The molecule has 0 heterocycles. The lowest BCUT2D eigenvalue weighted by Gasteiger charge is -2.45. The van der Waals surface area contributed by atoms with Gasteiger partial charge in [0.25, 0.3) is 5.72 Å². The number of ether oxygens (including phenoxy) is 1. The minimum atomic E-state index is -0.715. The standard InChI is InChI=1S/C34H70NO2/c1-7-10-13-15-17-19-20-21-23-25-27-29-32-37-34(4,35(5,6)31-12-9-3)33(36)30-28-26-24-22-18-16-14-11-8-2/h7-32H2,1-6H3/q+1. The third-order valence-corrected chi connectivity index (χ3v) is 8.63. The summed E-state index contributed by atoms with van der Waals surface area (Å²) in [5, 5.41) is 0. The second-order valence-corrected chi connectivity index (χ2v) is 12.5. The van der Waals surface area contributed by atoms with E-state index in [0.717, 1.165) is 32.2 Å². The number of hydrogen-bond donors (Lipinski definition) is 0. The Hall–Kier alpha value is -0.410. The van der Waals surface area contributed by atoms with Gasteiger partial charge in [0, 0.05) is 13.3 Å². The first-order chi connectivity index (χ1) is 17.9. The number of Topliss-reactive ketones (excluding diaryl/α,β-unsaturated/α-hetero) is 1. The number of ketones is 1. The Morgan fingerprint density at radius 1 is 0.541 bits per heavy atom. The first-order valence-electron chi connectivity index (χ1n) is 16.9. The Labute approximate surface area is 234 Å². The summed E-state index contributed by atoms with van der Waals surface area (Å²) in [5.74, 6) is 0.315. The fourth-order valence-electron chi connectivity index (χ4n) is 5.40. The van der Waals surface area contributed by atoms with E-state index >= 15 is 0 Å². The molecule has 3 nitrogen and oxygen atoms in total. The topological polar surface area (TPSA) is 26.3 Å². The highest BCUT2D eigenvalue weighted by Crippen LogP contribution is 2.28. The fourth-order valence-corrected chi connectivity index (χ4v) is 5.40. The zero-order chi connectivity index (χ0) is 27.7. The Balaban J connectivity index is 4.28. The molecule has 0 N–H and O–H groups in total. The number of carbonyl (C=O) groups excluding carboxylic acids is 1. The van der Waals surface area contributed by atoms with E-state index in [2.05, 4.69) is 41.8 Å². The minimum absolute atomic E-state index is 0.315. The van der Waals surface area contributed by atoms with Gasteiger partial charge in [0.2, 0.25) is 5.78 Å². The summed E-state index contributed by atoms with van der Waals surface area (Å²) in [5.41, 5.74) is -0.715. The van der Waals surface area contributed by atoms with Gasteiger partial charge in [-0.1, -0.05) is 149 Å². The lowest BCUT2D eigenvalue weighted by Crippen LogP contribution is -2.64. The lowest BCUT2D eigenvalue weighted by molar-refractivity contribution is -0.954. The van der Waals surface area contributed by atoms with Crippen molar-refractivity contribution in [2.75, 3.05) is 27.2 Å². The van der Waals surface area contributed by atoms with E-state index in [1.807, 2.05) is 0 Å². The Bertz CT molecular complexity index is 504. The molecule has 0 radical (unpaired) electrons. The number of quaternary nitrogens is 1. The van der Waals surface area contributed by atoms with Crippen LogP contribution in [0.25, 0.3) is 0 Å². The third kappa shape index (κ3) is 18.5. The maximum absolute atomic E-state index is 13.5. The maximum atomic E-state index is 13.5. The van der Waals surface area contributed by atoms with Crippen LogP contribution in [-0.4, -0.2) is 43.2 Å². The number of nitrogens with zero attached hydrogens (tertiary/aromatic N) is 1. The van der Waals surface area contributed by atoms with E-state index in [-0.39, 0.29) is 0 Å². The van der Waals surface area contributed by atoms with Crippen LogP contribution in [0.5, 0.6) is 0 Å². The number of carbonyl (C=O) groups is 1. The molecule has 0 aromatic heterocycles. The third-order valence-electron chi connectivity index (χ3n) is 8.63. The molecule has 1 unspecified atom stereocenters. The molecule has 0 aliphatic rings. The van der Waals surface area contributed by atoms with Crippen molar-refractivity contribution in [1.29, 1.82) is 0 Å². The predicted octanol–water partition coefficient (Wildman–Crippen LogP) is 10.8. The summed E-state index contributed by atoms with van der Waals surface area (Å²) < 4.78 is 7.15. The molecule has 0 fully saturated rings. The van der Waals surface area contributed by atoms with Gasteiger partial charge in [-0.15, -0.1) is 0 Å². The summed E-state index contributed by atoms with van der Waals surface area (Å²) in [4.78, 5) is 13.5. The normalized spacial score (nSPS) is 13.7. The molecule has 0 rings (SSSR count). The van der Waals surface area contributed by atoms with Crippen molar-refractivity contribution in [3.63, 3.8) is 0 Å². The van der Waals surface area contributed by atoms with Crippen molar-refractivity contribution in [3.8, 4) is 0 Å². The average Bonchev–Trinajstić information content (AvgIpc) is 2.88. The molecule has 0 aliphatic carbocycles. The zero-order valence-corrected chi connectivity index (χ0v) is 26.6. The molecule has 0 saturated carbocycles. The van der Waals surface area contributed by atoms with E-state index in [4.69, 9.17) is 4.74 Å². The smallest absolute Gasteiger partial charge is 0.260 e. The molecule has 0 spiro atoms. The molecule has 0 bridgehead atoms. The van der Waals surface area contributed by atoms with Crippen LogP contribution < -0.4 is 0 Å². The van der Waals surface area contributed by atoms with Gasteiger partial charge in [-0.2, -0.15) is 0 Å². The van der Waals surface area contributed by atoms with Gasteiger partial charge in [-0.3, -0.25) is 9.28 Å². The van der Waals surface area contributed by atoms with Crippen molar-refractivity contribution >= 4 is 5.78 Å². The number of hydrogen-bond acceptors (Lipinski definition) is 2. The SMILES string of the molecule is CCCCCCCCCCCCCCOC(C)(C(=O)CCCCCCCCCCC)[N+](C)(C)CCCC.